The van der Waals surface area contributed by atoms with Gasteiger partial charge in [-0.05, 0) is 63.3 Å². The molecule has 21 heavy (non-hydrogen) atoms. The largest absolute Gasteiger partial charge is 0.399 e. The average Bonchev–Trinajstić information content (AvgIpc) is 2.43. The molecule has 0 heterocycles. The number of benzene rings is 1. The van der Waals surface area contributed by atoms with Crippen molar-refractivity contribution in [1.82, 2.24) is 4.90 Å². The molecule has 1 amide bonds. The lowest BCUT2D eigenvalue weighted by Crippen LogP contribution is -2.39. The number of carbonyl (C=O) groups excluding carboxylic acids is 1. The van der Waals surface area contributed by atoms with Crippen LogP contribution in [0.4, 0.5) is 11.4 Å². The second-order valence-corrected chi connectivity index (χ2v) is 6.45. The number of nitrogens with one attached hydrogen (secondary N) is 1. The highest BCUT2D eigenvalue weighted by atomic mass is 16.2. The lowest BCUT2D eigenvalue weighted by atomic mass is 9.87. The Kier molecular flexibility index (Phi) is 5.23. The van der Waals surface area contributed by atoms with Gasteiger partial charge in [-0.3, -0.25) is 9.69 Å². The molecule has 1 fully saturated rings. The number of likely N-dealkylation sites (N-methyl/N-ethyl adjacent to an activating group) is 1. The minimum atomic E-state index is 0.0322. The fourth-order valence-corrected chi connectivity index (χ4v) is 3.00. The van der Waals surface area contributed by atoms with Crippen LogP contribution in [0.3, 0.4) is 0 Å². The first kappa shape index (κ1) is 15.8. The summed E-state index contributed by atoms with van der Waals surface area (Å²) in [6, 6.07) is 6.13. The maximum atomic E-state index is 12.2. The van der Waals surface area contributed by atoms with E-state index in [0.717, 1.165) is 17.2 Å². The summed E-state index contributed by atoms with van der Waals surface area (Å²) in [5.41, 5.74) is 8.29. The maximum absolute atomic E-state index is 12.2. The summed E-state index contributed by atoms with van der Waals surface area (Å²) >= 11 is 0. The number of nitrogens with zero attached hydrogens (tertiary/aromatic N) is 1. The van der Waals surface area contributed by atoms with Crippen molar-refractivity contribution in [3.8, 4) is 0 Å². The Morgan fingerprint density at radius 3 is 2.67 bits per heavy atom. The third-order valence-electron chi connectivity index (χ3n) is 4.54. The summed E-state index contributed by atoms with van der Waals surface area (Å²) in [4.78, 5) is 14.4. The molecule has 0 radical (unpaired) electrons. The van der Waals surface area contributed by atoms with E-state index in [-0.39, 0.29) is 5.91 Å². The van der Waals surface area contributed by atoms with Crippen molar-refractivity contribution in [3.63, 3.8) is 0 Å². The molecule has 0 aliphatic heterocycles. The van der Waals surface area contributed by atoms with Gasteiger partial charge in [-0.25, -0.2) is 0 Å². The fourth-order valence-electron chi connectivity index (χ4n) is 3.00. The third-order valence-corrected chi connectivity index (χ3v) is 4.54. The van der Waals surface area contributed by atoms with Crippen LogP contribution in [-0.2, 0) is 4.79 Å². The molecule has 0 spiro atoms. The fraction of sp³-hybridized carbons (Fsp3) is 0.588. The summed E-state index contributed by atoms with van der Waals surface area (Å²) in [7, 11) is 2.05. The molecule has 1 saturated carbocycles. The molecule has 2 rings (SSSR count). The van der Waals surface area contributed by atoms with Crippen LogP contribution in [0.5, 0.6) is 0 Å². The Bertz CT molecular complexity index is 493. The van der Waals surface area contributed by atoms with Gasteiger partial charge in [0, 0.05) is 17.4 Å². The minimum Gasteiger partial charge on any atom is -0.399 e. The van der Waals surface area contributed by atoms with E-state index in [1.54, 1.807) is 0 Å². The zero-order chi connectivity index (χ0) is 15.4. The average molecular weight is 289 g/mol. The van der Waals surface area contributed by atoms with Crippen LogP contribution in [0.15, 0.2) is 18.2 Å². The first-order chi connectivity index (χ1) is 9.95. The zero-order valence-electron chi connectivity index (χ0n) is 13.4. The van der Waals surface area contributed by atoms with Crippen LogP contribution < -0.4 is 11.1 Å². The molecule has 116 valence electrons. The first-order valence-electron chi connectivity index (χ1n) is 7.82. The molecule has 1 aromatic carbocycles. The molecule has 0 aromatic heterocycles. The Hall–Kier alpha value is -1.55. The number of nitrogen functional groups attached to an aromatic ring is 1. The number of hydrogen-bond donors (Lipinski definition) is 2. The van der Waals surface area contributed by atoms with Gasteiger partial charge in [-0.2, -0.15) is 0 Å². The third kappa shape index (κ3) is 4.46. The molecular formula is C17H27N3O. The van der Waals surface area contributed by atoms with Crippen molar-refractivity contribution in [1.29, 1.82) is 0 Å². The van der Waals surface area contributed by atoms with E-state index < -0.39 is 0 Å². The molecule has 4 nitrogen and oxygen atoms in total. The van der Waals surface area contributed by atoms with Crippen molar-refractivity contribution in [2.75, 3.05) is 24.6 Å². The molecule has 0 bridgehead atoms. The molecule has 3 N–H and O–H groups in total. The molecule has 1 aromatic rings. The van der Waals surface area contributed by atoms with Crippen molar-refractivity contribution in [2.45, 2.75) is 45.6 Å². The molecule has 1 aliphatic carbocycles. The number of carbonyl (C=O) groups is 1. The second kappa shape index (κ2) is 6.94. The highest BCUT2D eigenvalue weighted by Crippen LogP contribution is 2.26. The van der Waals surface area contributed by atoms with E-state index in [1.807, 2.05) is 32.2 Å². The predicted molar refractivity (Wildman–Crippen MR) is 88.3 cm³/mol. The van der Waals surface area contributed by atoms with Crippen molar-refractivity contribution in [2.24, 2.45) is 5.92 Å². The number of anilines is 2. The first-order valence-corrected chi connectivity index (χ1v) is 7.82. The number of rotatable bonds is 4. The van der Waals surface area contributed by atoms with Crippen LogP contribution in [0, 0.1) is 12.8 Å². The highest BCUT2D eigenvalue weighted by Gasteiger charge is 2.23. The number of amides is 1. The summed E-state index contributed by atoms with van der Waals surface area (Å²) in [6.07, 6.45) is 4.93. The van der Waals surface area contributed by atoms with E-state index in [0.29, 0.717) is 18.3 Å². The molecule has 0 atom stereocenters. The molecular weight excluding hydrogens is 262 g/mol. The van der Waals surface area contributed by atoms with Gasteiger partial charge in [-0.15, -0.1) is 0 Å². The van der Waals surface area contributed by atoms with Gasteiger partial charge in [0.15, 0.2) is 0 Å². The summed E-state index contributed by atoms with van der Waals surface area (Å²) in [6.45, 7) is 4.72. The number of nitrogens with two attached hydrogens (primary N) is 1. The highest BCUT2D eigenvalue weighted by molar-refractivity contribution is 5.93. The van der Waals surface area contributed by atoms with Gasteiger partial charge in [-0.1, -0.05) is 13.0 Å². The van der Waals surface area contributed by atoms with Crippen molar-refractivity contribution in [3.05, 3.63) is 23.8 Å². The zero-order valence-corrected chi connectivity index (χ0v) is 13.4. The minimum absolute atomic E-state index is 0.0322. The van der Waals surface area contributed by atoms with Crippen molar-refractivity contribution >= 4 is 17.3 Å². The normalized spacial score (nSPS) is 22.3. The Balaban J connectivity index is 1.88. The monoisotopic (exact) mass is 289 g/mol. The standard InChI is InChI=1S/C17H27N3O/c1-12-4-8-15(9-5-12)20(3)11-17(21)19-16-10-14(18)7-6-13(16)2/h6-7,10,12,15H,4-5,8-9,11,18H2,1-3H3,(H,19,21). The van der Waals surface area contributed by atoms with E-state index in [1.165, 1.54) is 25.7 Å². The maximum Gasteiger partial charge on any atom is 0.238 e. The van der Waals surface area contributed by atoms with E-state index in [2.05, 4.69) is 17.1 Å². The Labute approximate surface area is 127 Å². The summed E-state index contributed by atoms with van der Waals surface area (Å²) in [5.74, 6) is 0.864. The van der Waals surface area contributed by atoms with Gasteiger partial charge >= 0.3 is 0 Å². The quantitative estimate of drug-likeness (QED) is 0.838. The summed E-state index contributed by atoms with van der Waals surface area (Å²) in [5, 5.41) is 2.97. The number of hydrogen-bond acceptors (Lipinski definition) is 3. The van der Waals surface area contributed by atoms with Crippen LogP contribution in [0.1, 0.15) is 38.2 Å². The van der Waals surface area contributed by atoms with Crippen LogP contribution >= 0.6 is 0 Å². The molecule has 1 aliphatic rings. The topological polar surface area (TPSA) is 58.4 Å². The SMILES string of the molecule is Cc1ccc(N)cc1NC(=O)CN(C)C1CCC(C)CC1. The van der Waals surface area contributed by atoms with Crippen LogP contribution in [0.2, 0.25) is 0 Å². The van der Waals surface area contributed by atoms with Crippen molar-refractivity contribution < 1.29 is 4.79 Å². The van der Waals surface area contributed by atoms with E-state index in [9.17, 15) is 4.79 Å². The van der Waals surface area contributed by atoms with Gasteiger partial charge in [0.05, 0.1) is 6.54 Å². The summed E-state index contributed by atoms with van der Waals surface area (Å²) < 4.78 is 0. The lowest BCUT2D eigenvalue weighted by Gasteiger charge is -2.33. The number of aryl methyl sites for hydroxylation is 1. The van der Waals surface area contributed by atoms with Crippen LogP contribution in [0.25, 0.3) is 0 Å². The van der Waals surface area contributed by atoms with E-state index in [4.69, 9.17) is 5.73 Å². The van der Waals surface area contributed by atoms with Gasteiger partial charge in [0.2, 0.25) is 5.91 Å². The molecule has 0 saturated heterocycles. The lowest BCUT2D eigenvalue weighted by molar-refractivity contribution is -0.117. The van der Waals surface area contributed by atoms with Gasteiger partial charge in [0.25, 0.3) is 0 Å². The Morgan fingerprint density at radius 2 is 2.00 bits per heavy atom. The molecule has 0 unspecified atom stereocenters. The van der Waals surface area contributed by atoms with E-state index >= 15 is 0 Å². The van der Waals surface area contributed by atoms with Gasteiger partial charge in [0.1, 0.15) is 0 Å². The predicted octanol–water partition coefficient (Wildman–Crippen LogP) is 3.03. The smallest absolute Gasteiger partial charge is 0.238 e. The van der Waals surface area contributed by atoms with Gasteiger partial charge < -0.3 is 11.1 Å². The Morgan fingerprint density at radius 1 is 1.33 bits per heavy atom. The van der Waals surface area contributed by atoms with Crippen LogP contribution in [-0.4, -0.2) is 30.4 Å². The second-order valence-electron chi connectivity index (χ2n) is 6.45. The molecule has 4 heteroatoms.